The number of halogens is 1. The van der Waals surface area contributed by atoms with E-state index in [1.54, 1.807) is 7.05 Å². The van der Waals surface area contributed by atoms with Gasteiger partial charge in [-0.1, -0.05) is 0 Å². The first-order chi connectivity index (χ1) is 7.60. The van der Waals surface area contributed by atoms with Crippen LogP contribution >= 0.6 is 0 Å². The molecule has 1 aliphatic carbocycles. The molecule has 16 heavy (non-hydrogen) atoms. The SMILES string of the molecule is CN1CC(=O)OB(C2CC2CF)OC(=O)C1. The second-order valence-electron chi connectivity index (χ2n) is 4.33. The summed E-state index contributed by atoms with van der Waals surface area (Å²) in [7, 11) is 0.735. The highest BCUT2D eigenvalue weighted by molar-refractivity contribution is 6.52. The van der Waals surface area contributed by atoms with E-state index in [-0.39, 0.29) is 24.8 Å². The Balaban J connectivity index is 1.97. The van der Waals surface area contributed by atoms with Crippen LogP contribution in [0, 0.1) is 5.92 Å². The van der Waals surface area contributed by atoms with Crippen LogP contribution in [0.2, 0.25) is 5.82 Å². The quantitative estimate of drug-likeness (QED) is 0.617. The van der Waals surface area contributed by atoms with Gasteiger partial charge in [0.2, 0.25) is 0 Å². The molecule has 0 aromatic carbocycles. The van der Waals surface area contributed by atoms with Crippen LogP contribution in [0.5, 0.6) is 0 Å². The third-order valence-corrected chi connectivity index (χ3v) is 2.82. The van der Waals surface area contributed by atoms with Gasteiger partial charge in [-0.05, 0) is 19.4 Å². The Labute approximate surface area is 93.0 Å². The molecule has 2 aliphatic rings. The molecule has 2 atom stereocenters. The molecule has 0 radical (unpaired) electrons. The van der Waals surface area contributed by atoms with Crippen molar-refractivity contribution >= 4 is 19.1 Å². The van der Waals surface area contributed by atoms with Crippen LogP contribution in [-0.4, -0.2) is 50.8 Å². The normalized spacial score (nSPS) is 31.5. The van der Waals surface area contributed by atoms with E-state index in [4.69, 9.17) is 9.31 Å². The number of hydrogen-bond donors (Lipinski definition) is 0. The summed E-state index contributed by atoms with van der Waals surface area (Å²) in [6, 6.07) is 0. The van der Waals surface area contributed by atoms with E-state index >= 15 is 0 Å². The first-order valence-electron chi connectivity index (χ1n) is 5.23. The summed E-state index contributed by atoms with van der Waals surface area (Å²) in [6.45, 7) is -0.354. The van der Waals surface area contributed by atoms with Crippen LogP contribution in [-0.2, 0) is 18.9 Å². The first-order valence-corrected chi connectivity index (χ1v) is 5.23. The van der Waals surface area contributed by atoms with Crippen molar-refractivity contribution in [1.82, 2.24) is 4.90 Å². The summed E-state index contributed by atoms with van der Waals surface area (Å²) >= 11 is 0. The Morgan fingerprint density at radius 1 is 1.38 bits per heavy atom. The van der Waals surface area contributed by atoms with Crippen LogP contribution in [0.15, 0.2) is 0 Å². The summed E-state index contributed by atoms with van der Waals surface area (Å²) < 4.78 is 22.3. The minimum atomic E-state index is -0.894. The van der Waals surface area contributed by atoms with Gasteiger partial charge in [-0.15, -0.1) is 0 Å². The highest BCUT2D eigenvalue weighted by Crippen LogP contribution is 2.47. The van der Waals surface area contributed by atoms with E-state index in [9.17, 15) is 14.0 Å². The molecule has 88 valence electrons. The lowest BCUT2D eigenvalue weighted by Gasteiger charge is -2.22. The van der Waals surface area contributed by atoms with E-state index in [1.165, 1.54) is 4.90 Å². The van der Waals surface area contributed by atoms with Crippen molar-refractivity contribution in [2.75, 3.05) is 26.8 Å². The Bertz CT molecular complexity index is 294. The van der Waals surface area contributed by atoms with Crippen molar-refractivity contribution in [3.05, 3.63) is 0 Å². The summed E-state index contributed by atoms with van der Waals surface area (Å²) in [6.07, 6.45) is 0.609. The van der Waals surface area contributed by atoms with Crippen molar-refractivity contribution in [2.45, 2.75) is 12.2 Å². The molecule has 7 heteroatoms. The average molecular weight is 229 g/mol. The zero-order valence-electron chi connectivity index (χ0n) is 9.02. The minimum absolute atomic E-state index is 0.0542. The molecule has 1 saturated carbocycles. The van der Waals surface area contributed by atoms with Gasteiger partial charge in [0.05, 0.1) is 19.8 Å². The first kappa shape index (κ1) is 11.4. The molecule has 0 aromatic heterocycles. The van der Waals surface area contributed by atoms with Gasteiger partial charge in [-0.2, -0.15) is 0 Å². The van der Waals surface area contributed by atoms with Crippen molar-refractivity contribution in [3.8, 4) is 0 Å². The Morgan fingerprint density at radius 2 is 1.94 bits per heavy atom. The molecule has 0 amide bonds. The second-order valence-corrected chi connectivity index (χ2v) is 4.33. The van der Waals surface area contributed by atoms with E-state index in [0.717, 1.165) is 0 Å². The molecule has 5 nitrogen and oxygen atoms in total. The summed E-state index contributed by atoms with van der Waals surface area (Å²) in [5.41, 5.74) is 0. The van der Waals surface area contributed by atoms with Crippen molar-refractivity contribution < 1.29 is 23.3 Å². The fraction of sp³-hybridized carbons (Fsp3) is 0.778. The lowest BCUT2D eigenvalue weighted by atomic mass is 9.80. The number of rotatable bonds is 2. The molecule has 0 bridgehead atoms. The fourth-order valence-corrected chi connectivity index (χ4v) is 1.81. The molecule has 1 aliphatic heterocycles. The zero-order chi connectivity index (χ0) is 11.7. The van der Waals surface area contributed by atoms with Gasteiger partial charge >= 0.3 is 19.1 Å². The second kappa shape index (κ2) is 4.41. The molecule has 1 heterocycles. The van der Waals surface area contributed by atoms with Crippen LogP contribution < -0.4 is 0 Å². The molecule has 0 spiro atoms. The predicted octanol–water partition coefficient (Wildman–Crippen LogP) is -0.134. The smallest absolute Gasteiger partial charge is 0.498 e. The number of likely N-dealkylation sites (N-methyl/N-ethyl adjacent to an activating group) is 1. The Morgan fingerprint density at radius 3 is 2.38 bits per heavy atom. The van der Waals surface area contributed by atoms with Gasteiger partial charge in [0.25, 0.3) is 0 Å². The average Bonchev–Trinajstić information content (AvgIpc) is 2.92. The Kier molecular flexibility index (Phi) is 3.14. The van der Waals surface area contributed by atoms with Crippen LogP contribution in [0.25, 0.3) is 0 Å². The van der Waals surface area contributed by atoms with Gasteiger partial charge in [0.15, 0.2) is 0 Å². The van der Waals surface area contributed by atoms with Crippen molar-refractivity contribution in [3.63, 3.8) is 0 Å². The predicted molar refractivity (Wildman–Crippen MR) is 53.3 cm³/mol. The summed E-state index contributed by atoms with van der Waals surface area (Å²) in [5, 5.41) is 0. The molecule has 2 fully saturated rings. The maximum Gasteiger partial charge on any atom is 0.602 e. The third-order valence-electron chi connectivity index (χ3n) is 2.82. The van der Waals surface area contributed by atoms with Gasteiger partial charge in [-0.25, -0.2) is 0 Å². The number of hydrogen-bond acceptors (Lipinski definition) is 5. The topological polar surface area (TPSA) is 55.8 Å². The van der Waals surface area contributed by atoms with Crippen molar-refractivity contribution in [2.24, 2.45) is 5.92 Å². The lowest BCUT2D eigenvalue weighted by molar-refractivity contribution is -0.145. The lowest BCUT2D eigenvalue weighted by Crippen LogP contribution is -2.42. The zero-order valence-corrected chi connectivity index (χ0v) is 9.02. The largest absolute Gasteiger partial charge is 0.602 e. The molecular formula is C9H13BFNO4. The van der Waals surface area contributed by atoms with Gasteiger partial charge in [-0.3, -0.25) is 18.9 Å². The minimum Gasteiger partial charge on any atom is -0.498 e. The monoisotopic (exact) mass is 229 g/mol. The number of carbonyl (C=O) groups excluding carboxylic acids is 2. The van der Waals surface area contributed by atoms with E-state index in [1.807, 2.05) is 0 Å². The fourth-order valence-electron chi connectivity index (χ4n) is 1.81. The maximum absolute atomic E-state index is 12.3. The molecule has 0 N–H and O–H groups in total. The van der Waals surface area contributed by atoms with Gasteiger partial charge < -0.3 is 9.31 Å². The molecule has 1 saturated heterocycles. The Hall–Kier alpha value is -1.11. The van der Waals surface area contributed by atoms with Crippen LogP contribution in [0.3, 0.4) is 0 Å². The molecule has 0 aromatic rings. The highest BCUT2D eigenvalue weighted by Gasteiger charge is 2.53. The van der Waals surface area contributed by atoms with Crippen LogP contribution in [0.1, 0.15) is 6.42 Å². The highest BCUT2D eigenvalue weighted by atomic mass is 19.1. The van der Waals surface area contributed by atoms with Gasteiger partial charge in [0, 0.05) is 5.82 Å². The van der Waals surface area contributed by atoms with Crippen LogP contribution in [0.4, 0.5) is 4.39 Å². The number of nitrogens with zero attached hydrogens (tertiary/aromatic N) is 1. The summed E-state index contributed by atoms with van der Waals surface area (Å²) in [5.74, 6) is -1.18. The molecule has 2 rings (SSSR count). The molecular weight excluding hydrogens is 216 g/mol. The van der Waals surface area contributed by atoms with Gasteiger partial charge in [0.1, 0.15) is 0 Å². The summed E-state index contributed by atoms with van der Waals surface area (Å²) in [4.78, 5) is 24.2. The van der Waals surface area contributed by atoms with E-state index in [0.29, 0.717) is 6.42 Å². The third kappa shape index (κ3) is 2.52. The molecule has 2 unspecified atom stereocenters. The maximum atomic E-state index is 12.3. The van der Waals surface area contributed by atoms with Crippen molar-refractivity contribution in [1.29, 1.82) is 0 Å². The van der Waals surface area contributed by atoms with E-state index in [2.05, 4.69) is 0 Å². The van der Waals surface area contributed by atoms with E-state index < -0.39 is 25.7 Å². The standard InChI is InChI=1S/C9H13BFNO4/c1-12-4-8(13)15-10(16-9(14)5-12)7-2-6(7)3-11/h6-7H,2-5H2,1H3. The number of carbonyl (C=O) groups is 2. The number of alkyl halides is 1.